The summed E-state index contributed by atoms with van der Waals surface area (Å²) in [6.07, 6.45) is -0.573. The number of carbonyl (C=O) groups is 1. The lowest BCUT2D eigenvalue weighted by Crippen LogP contribution is -2.28. The summed E-state index contributed by atoms with van der Waals surface area (Å²) in [5, 5.41) is 0. The van der Waals surface area contributed by atoms with Crippen LogP contribution in [0.25, 0.3) is 0 Å². The summed E-state index contributed by atoms with van der Waals surface area (Å²) in [5.41, 5.74) is 6.01. The van der Waals surface area contributed by atoms with Crippen LogP contribution in [0.3, 0.4) is 0 Å². The zero-order valence-electron chi connectivity index (χ0n) is 8.90. The second-order valence-corrected chi connectivity index (χ2v) is 3.21. The number of carbonyl (C=O) groups excluding carboxylic acids is 1. The Morgan fingerprint density at radius 1 is 1.53 bits per heavy atom. The van der Waals surface area contributed by atoms with Crippen LogP contribution in [-0.2, 0) is 16.1 Å². The van der Waals surface area contributed by atoms with Gasteiger partial charge in [0, 0.05) is 0 Å². The Morgan fingerprint density at radius 3 is 2.87 bits per heavy atom. The summed E-state index contributed by atoms with van der Waals surface area (Å²) in [6.45, 7) is 1.98. The molecule has 2 N–H and O–H groups in total. The zero-order valence-corrected chi connectivity index (χ0v) is 8.90. The normalized spacial score (nSPS) is 12.1. The Bertz CT molecular complexity index is 338. The van der Waals surface area contributed by atoms with Gasteiger partial charge in [-0.3, -0.25) is 4.79 Å². The fourth-order valence-corrected chi connectivity index (χ4v) is 1.07. The lowest BCUT2D eigenvalue weighted by molar-refractivity contribution is -0.129. The first-order valence-corrected chi connectivity index (χ1v) is 4.67. The van der Waals surface area contributed by atoms with Gasteiger partial charge >= 0.3 is 0 Å². The summed E-state index contributed by atoms with van der Waals surface area (Å²) in [4.78, 5) is 10.7. The van der Waals surface area contributed by atoms with Crippen molar-refractivity contribution in [1.82, 2.24) is 0 Å². The van der Waals surface area contributed by atoms with E-state index in [1.54, 1.807) is 14.0 Å². The van der Waals surface area contributed by atoms with Crippen molar-refractivity contribution in [3.05, 3.63) is 29.8 Å². The molecule has 0 saturated carbocycles. The Hall–Kier alpha value is -1.55. The number of nitrogens with two attached hydrogens (primary N) is 1. The van der Waals surface area contributed by atoms with Crippen molar-refractivity contribution in [2.45, 2.75) is 19.6 Å². The molecule has 15 heavy (non-hydrogen) atoms. The van der Waals surface area contributed by atoms with E-state index in [4.69, 9.17) is 15.2 Å². The van der Waals surface area contributed by atoms with Gasteiger partial charge in [0.05, 0.1) is 13.7 Å². The summed E-state index contributed by atoms with van der Waals surface area (Å²) < 4.78 is 10.3. The molecule has 0 spiro atoms. The molecule has 1 atom stereocenters. The van der Waals surface area contributed by atoms with Crippen LogP contribution in [-0.4, -0.2) is 19.1 Å². The third-order valence-electron chi connectivity index (χ3n) is 2.03. The molecule has 1 aromatic carbocycles. The van der Waals surface area contributed by atoms with Crippen molar-refractivity contribution in [2.24, 2.45) is 5.73 Å². The standard InChI is InChI=1S/C11H15NO3/c1-8(11(12)13)15-7-9-4-3-5-10(6-9)14-2/h3-6,8H,7H2,1-2H3,(H2,12,13). The van der Waals surface area contributed by atoms with Gasteiger partial charge in [0.2, 0.25) is 5.91 Å². The van der Waals surface area contributed by atoms with Gasteiger partial charge in [-0.05, 0) is 24.6 Å². The van der Waals surface area contributed by atoms with E-state index >= 15 is 0 Å². The molecule has 0 aliphatic carbocycles. The van der Waals surface area contributed by atoms with Gasteiger partial charge in [0.1, 0.15) is 11.9 Å². The van der Waals surface area contributed by atoms with E-state index in [-0.39, 0.29) is 0 Å². The maximum atomic E-state index is 10.7. The lowest BCUT2D eigenvalue weighted by atomic mass is 10.2. The van der Waals surface area contributed by atoms with Gasteiger partial charge in [-0.15, -0.1) is 0 Å². The van der Waals surface area contributed by atoms with E-state index in [1.165, 1.54) is 0 Å². The Labute approximate surface area is 89.0 Å². The largest absolute Gasteiger partial charge is 0.497 e. The number of rotatable bonds is 5. The second-order valence-electron chi connectivity index (χ2n) is 3.21. The number of hydrogen-bond donors (Lipinski definition) is 1. The molecule has 0 heterocycles. The minimum atomic E-state index is -0.573. The molecule has 82 valence electrons. The molecule has 0 radical (unpaired) electrons. The van der Waals surface area contributed by atoms with Crippen LogP contribution >= 0.6 is 0 Å². The fraction of sp³-hybridized carbons (Fsp3) is 0.364. The number of hydrogen-bond acceptors (Lipinski definition) is 3. The van der Waals surface area contributed by atoms with E-state index in [0.717, 1.165) is 11.3 Å². The van der Waals surface area contributed by atoms with Crippen LogP contribution in [0.5, 0.6) is 5.75 Å². The molecule has 1 unspecified atom stereocenters. The van der Waals surface area contributed by atoms with Gasteiger partial charge < -0.3 is 15.2 Å². The third kappa shape index (κ3) is 3.59. The van der Waals surface area contributed by atoms with Gasteiger partial charge in [-0.25, -0.2) is 0 Å². The quantitative estimate of drug-likeness (QED) is 0.789. The van der Waals surface area contributed by atoms with E-state index < -0.39 is 12.0 Å². The van der Waals surface area contributed by atoms with Crippen molar-refractivity contribution < 1.29 is 14.3 Å². The van der Waals surface area contributed by atoms with Gasteiger partial charge in [0.25, 0.3) is 0 Å². The third-order valence-corrected chi connectivity index (χ3v) is 2.03. The van der Waals surface area contributed by atoms with E-state index in [2.05, 4.69) is 0 Å². The summed E-state index contributed by atoms with van der Waals surface area (Å²) in [6, 6.07) is 7.47. The lowest BCUT2D eigenvalue weighted by Gasteiger charge is -2.09. The van der Waals surface area contributed by atoms with Crippen molar-refractivity contribution in [3.8, 4) is 5.75 Å². The molecular weight excluding hydrogens is 194 g/mol. The van der Waals surface area contributed by atoms with Crippen LogP contribution in [0.1, 0.15) is 12.5 Å². The highest BCUT2D eigenvalue weighted by molar-refractivity contribution is 5.78. The highest BCUT2D eigenvalue weighted by atomic mass is 16.5. The van der Waals surface area contributed by atoms with E-state index in [1.807, 2.05) is 24.3 Å². The average Bonchev–Trinajstić information content (AvgIpc) is 2.26. The first-order valence-electron chi connectivity index (χ1n) is 4.67. The van der Waals surface area contributed by atoms with E-state index in [0.29, 0.717) is 6.61 Å². The number of ether oxygens (including phenoxy) is 2. The monoisotopic (exact) mass is 209 g/mol. The first kappa shape index (κ1) is 11.5. The molecule has 4 nitrogen and oxygen atoms in total. The van der Waals surface area contributed by atoms with Crippen LogP contribution in [0.4, 0.5) is 0 Å². The zero-order chi connectivity index (χ0) is 11.3. The number of benzene rings is 1. The predicted octanol–water partition coefficient (Wildman–Crippen LogP) is 1.09. The molecular formula is C11H15NO3. The molecule has 0 fully saturated rings. The molecule has 1 rings (SSSR count). The molecule has 4 heteroatoms. The second kappa shape index (κ2) is 5.36. The smallest absolute Gasteiger partial charge is 0.246 e. The van der Waals surface area contributed by atoms with Crippen LogP contribution in [0, 0.1) is 0 Å². The summed E-state index contributed by atoms with van der Waals surface area (Å²) >= 11 is 0. The number of primary amides is 1. The van der Waals surface area contributed by atoms with Gasteiger partial charge in [0.15, 0.2) is 0 Å². The van der Waals surface area contributed by atoms with E-state index in [9.17, 15) is 4.79 Å². The highest BCUT2D eigenvalue weighted by Gasteiger charge is 2.08. The maximum absolute atomic E-state index is 10.7. The SMILES string of the molecule is COc1cccc(COC(C)C(N)=O)c1. The first-order chi connectivity index (χ1) is 7.13. The molecule has 0 aliphatic heterocycles. The molecule has 0 bridgehead atoms. The molecule has 1 aromatic rings. The van der Waals surface area contributed by atoms with Crippen molar-refractivity contribution in [2.75, 3.05) is 7.11 Å². The van der Waals surface area contributed by atoms with Gasteiger partial charge in [-0.2, -0.15) is 0 Å². The Morgan fingerprint density at radius 2 is 2.27 bits per heavy atom. The highest BCUT2D eigenvalue weighted by Crippen LogP contribution is 2.13. The van der Waals surface area contributed by atoms with Gasteiger partial charge in [-0.1, -0.05) is 12.1 Å². The minimum absolute atomic E-state index is 0.349. The Kier molecular flexibility index (Phi) is 4.12. The van der Waals surface area contributed by atoms with Crippen molar-refractivity contribution in [1.29, 1.82) is 0 Å². The maximum Gasteiger partial charge on any atom is 0.246 e. The topological polar surface area (TPSA) is 61.6 Å². The summed E-state index contributed by atoms with van der Waals surface area (Å²) in [7, 11) is 1.60. The molecule has 0 aromatic heterocycles. The average molecular weight is 209 g/mol. The van der Waals surface area contributed by atoms with Crippen LogP contribution in [0.2, 0.25) is 0 Å². The van der Waals surface area contributed by atoms with Crippen molar-refractivity contribution >= 4 is 5.91 Å². The summed E-state index contributed by atoms with van der Waals surface area (Å²) in [5.74, 6) is 0.306. The minimum Gasteiger partial charge on any atom is -0.497 e. The van der Waals surface area contributed by atoms with Crippen molar-refractivity contribution in [3.63, 3.8) is 0 Å². The number of methoxy groups -OCH3 is 1. The molecule has 0 aliphatic rings. The van der Waals surface area contributed by atoms with Crippen LogP contribution in [0.15, 0.2) is 24.3 Å². The molecule has 0 saturated heterocycles. The Balaban J connectivity index is 2.53. The number of amides is 1. The van der Waals surface area contributed by atoms with Crippen LogP contribution < -0.4 is 10.5 Å². The fourth-order valence-electron chi connectivity index (χ4n) is 1.07. The predicted molar refractivity (Wildman–Crippen MR) is 56.4 cm³/mol. The molecule has 1 amide bonds.